The van der Waals surface area contributed by atoms with Crippen LogP contribution in [0, 0.1) is 16.4 Å². The van der Waals surface area contributed by atoms with E-state index >= 15 is 0 Å². The molecule has 0 saturated carbocycles. The average Bonchev–Trinajstić information content (AvgIpc) is 2.78. The third kappa shape index (κ3) is 2.81. The van der Waals surface area contributed by atoms with Gasteiger partial charge in [-0.05, 0) is 18.3 Å². The molecule has 1 atom stereocenters. The Hall–Kier alpha value is -1.44. The zero-order chi connectivity index (χ0) is 14.3. The van der Waals surface area contributed by atoms with E-state index in [1.165, 1.54) is 6.07 Å². The number of nitrogens with one attached hydrogen (secondary N) is 1. The van der Waals surface area contributed by atoms with Gasteiger partial charge in [-0.15, -0.1) is 12.4 Å². The molecule has 1 aromatic heterocycles. The first-order chi connectivity index (χ1) is 9.60. The van der Waals surface area contributed by atoms with E-state index in [2.05, 4.69) is 4.98 Å². The number of halogens is 3. The summed E-state index contributed by atoms with van der Waals surface area (Å²) >= 11 is 5.22. The molecule has 2 aromatic rings. The van der Waals surface area contributed by atoms with Crippen molar-refractivity contribution in [2.24, 2.45) is 5.73 Å². The minimum Gasteiger partial charge on any atom is -0.488 e. The second-order valence-electron chi connectivity index (χ2n) is 4.70. The van der Waals surface area contributed by atoms with Crippen LogP contribution >= 0.6 is 24.6 Å². The normalized spacial score (nSPS) is 16.8. The molecule has 0 radical (unpaired) electrons. The van der Waals surface area contributed by atoms with Crippen LogP contribution in [0.1, 0.15) is 17.3 Å². The van der Waals surface area contributed by atoms with Gasteiger partial charge in [0.25, 0.3) is 0 Å². The maximum Gasteiger partial charge on any atom is 0.177 e. The molecule has 0 spiro atoms. The first-order valence-electron chi connectivity index (χ1n) is 6.19. The molecule has 1 aliphatic heterocycles. The molecular formula is C13H14ClF2N3OS. The van der Waals surface area contributed by atoms with Crippen molar-refractivity contribution in [2.45, 2.75) is 19.0 Å². The number of benzene rings is 1. The number of aromatic amines is 1. The fourth-order valence-electron chi connectivity index (χ4n) is 2.56. The molecule has 0 unspecified atom stereocenters. The Bertz CT molecular complexity index is 716. The molecule has 1 aliphatic rings. The maximum absolute atomic E-state index is 13.6. The second-order valence-corrected chi connectivity index (χ2v) is 5.09. The average molecular weight is 334 g/mol. The minimum absolute atomic E-state index is 0. The van der Waals surface area contributed by atoms with Crippen LogP contribution in [0.2, 0.25) is 0 Å². The lowest BCUT2D eigenvalue weighted by atomic mass is 10.0. The summed E-state index contributed by atoms with van der Waals surface area (Å²) in [5, 5.41) is 0. The number of nitrogens with two attached hydrogens (primary N) is 1. The summed E-state index contributed by atoms with van der Waals surface area (Å²) in [6, 6.07) is 2.00. The van der Waals surface area contributed by atoms with Crippen LogP contribution in [0.3, 0.4) is 0 Å². The van der Waals surface area contributed by atoms with Crippen molar-refractivity contribution in [2.75, 3.05) is 6.61 Å². The first kappa shape index (κ1) is 15.9. The Morgan fingerprint density at radius 1 is 1.43 bits per heavy atom. The van der Waals surface area contributed by atoms with E-state index < -0.39 is 11.6 Å². The summed E-state index contributed by atoms with van der Waals surface area (Å²) in [5.74, 6) is -1.16. The molecule has 0 saturated heterocycles. The molecule has 3 rings (SSSR count). The van der Waals surface area contributed by atoms with Crippen LogP contribution in [0.5, 0.6) is 5.75 Å². The predicted octanol–water partition coefficient (Wildman–Crippen LogP) is 2.88. The lowest BCUT2D eigenvalue weighted by molar-refractivity contribution is 0.210. The van der Waals surface area contributed by atoms with Gasteiger partial charge in [-0.1, -0.05) is 0 Å². The molecule has 0 fully saturated rings. The Balaban J connectivity index is 0.00000161. The van der Waals surface area contributed by atoms with Crippen molar-refractivity contribution in [1.29, 1.82) is 0 Å². The van der Waals surface area contributed by atoms with Gasteiger partial charge in [0.1, 0.15) is 12.4 Å². The molecule has 4 nitrogen and oxygen atoms in total. The minimum atomic E-state index is -0.671. The molecule has 0 bridgehead atoms. The predicted molar refractivity (Wildman–Crippen MR) is 79.4 cm³/mol. The van der Waals surface area contributed by atoms with Gasteiger partial charge in [-0.2, -0.15) is 0 Å². The molecule has 0 aliphatic carbocycles. The Morgan fingerprint density at radius 3 is 2.90 bits per heavy atom. The van der Waals surface area contributed by atoms with Gasteiger partial charge in [0.2, 0.25) is 0 Å². The summed E-state index contributed by atoms with van der Waals surface area (Å²) in [6.45, 7) is 0.600. The molecule has 21 heavy (non-hydrogen) atoms. The molecular weight excluding hydrogens is 320 g/mol. The fourth-order valence-corrected chi connectivity index (χ4v) is 2.88. The number of H-pyrrole nitrogens is 1. The second kappa shape index (κ2) is 6.13. The highest BCUT2D eigenvalue weighted by Crippen LogP contribution is 2.33. The van der Waals surface area contributed by atoms with Crippen molar-refractivity contribution >= 4 is 24.6 Å². The first-order valence-corrected chi connectivity index (χ1v) is 6.60. The summed E-state index contributed by atoms with van der Waals surface area (Å²) in [6.07, 6.45) is 2.19. The number of imidazole rings is 1. The van der Waals surface area contributed by atoms with Crippen LogP contribution in [0.25, 0.3) is 0 Å². The van der Waals surface area contributed by atoms with Gasteiger partial charge in [-0.25, -0.2) is 8.78 Å². The third-order valence-electron chi connectivity index (χ3n) is 3.43. The number of nitrogens with zero attached hydrogens (tertiary/aromatic N) is 1. The number of hydrogen-bond donors (Lipinski definition) is 2. The number of hydrogen-bond acceptors (Lipinski definition) is 3. The van der Waals surface area contributed by atoms with Crippen LogP contribution < -0.4 is 10.5 Å². The van der Waals surface area contributed by atoms with E-state index in [4.69, 9.17) is 22.7 Å². The fraction of sp³-hybridized carbons (Fsp3) is 0.308. The molecule has 1 aromatic carbocycles. The number of fused-ring (bicyclic) bond motifs is 1. The number of aromatic nitrogens is 2. The van der Waals surface area contributed by atoms with Crippen molar-refractivity contribution in [1.82, 2.24) is 9.55 Å². The Labute approximate surface area is 131 Å². The third-order valence-corrected chi connectivity index (χ3v) is 3.74. The zero-order valence-corrected chi connectivity index (χ0v) is 12.6. The van der Waals surface area contributed by atoms with Gasteiger partial charge >= 0.3 is 0 Å². The van der Waals surface area contributed by atoms with Gasteiger partial charge in [0.15, 0.2) is 16.3 Å². The highest BCUT2D eigenvalue weighted by atomic mass is 35.5. The van der Waals surface area contributed by atoms with Crippen LogP contribution in [-0.2, 0) is 13.0 Å². The van der Waals surface area contributed by atoms with Gasteiger partial charge in [-0.3, -0.25) is 0 Å². The number of rotatable bonds is 2. The summed E-state index contributed by atoms with van der Waals surface area (Å²) in [7, 11) is 0. The maximum atomic E-state index is 13.6. The van der Waals surface area contributed by atoms with E-state index in [-0.39, 0.29) is 30.8 Å². The smallest absolute Gasteiger partial charge is 0.177 e. The Kier molecular flexibility index (Phi) is 4.65. The summed E-state index contributed by atoms with van der Waals surface area (Å²) < 4.78 is 34.7. The van der Waals surface area contributed by atoms with Gasteiger partial charge in [0, 0.05) is 30.8 Å². The number of ether oxygens (including phenoxy) is 1. The van der Waals surface area contributed by atoms with Crippen LogP contribution in [0.15, 0.2) is 18.3 Å². The Morgan fingerprint density at radius 2 is 2.19 bits per heavy atom. The molecule has 3 N–H and O–H groups in total. The highest BCUT2D eigenvalue weighted by Gasteiger charge is 2.26. The SMILES string of the molecule is Cl.NCc1c[nH]c(=S)n1[C@H]1COc2c(F)cc(F)cc2C1. The van der Waals surface area contributed by atoms with Crippen molar-refractivity contribution in [3.05, 3.63) is 46.0 Å². The van der Waals surface area contributed by atoms with Crippen LogP contribution in [-0.4, -0.2) is 16.2 Å². The summed E-state index contributed by atoms with van der Waals surface area (Å²) in [5.41, 5.74) is 7.01. The van der Waals surface area contributed by atoms with Crippen LogP contribution in [0.4, 0.5) is 8.78 Å². The molecule has 2 heterocycles. The monoisotopic (exact) mass is 333 g/mol. The standard InChI is InChI=1S/C13H13F2N3OS.ClH/c14-8-1-7-2-9(6-19-12(7)11(15)3-8)18-10(4-16)5-17-13(18)20;/h1,3,5,9H,2,4,6,16H2,(H,17,20);1H/t9-;/m1./s1. The van der Waals surface area contributed by atoms with Crippen molar-refractivity contribution < 1.29 is 13.5 Å². The summed E-state index contributed by atoms with van der Waals surface area (Å²) in [4.78, 5) is 2.93. The molecule has 8 heteroatoms. The zero-order valence-electron chi connectivity index (χ0n) is 10.9. The quantitative estimate of drug-likeness (QED) is 0.831. The van der Waals surface area contributed by atoms with E-state index in [0.717, 1.165) is 11.8 Å². The molecule has 114 valence electrons. The van der Waals surface area contributed by atoms with E-state index in [9.17, 15) is 8.78 Å². The lowest BCUT2D eigenvalue weighted by Crippen LogP contribution is -2.27. The van der Waals surface area contributed by atoms with E-state index in [0.29, 0.717) is 23.3 Å². The molecule has 0 amide bonds. The lowest BCUT2D eigenvalue weighted by Gasteiger charge is -2.27. The van der Waals surface area contributed by atoms with E-state index in [1.807, 2.05) is 4.57 Å². The van der Waals surface area contributed by atoms with Crippen molar-refractivity contribution in [3.8, 4) is 5.75 Å². The topological polar surface area (TPSA) is 56.0 Å². The van der Waals surface area contributed by atoms with Gasteiger partial charge in [0.05, 0.1) is 11.7 Å². The van der Waals surface area contributed by atoms with E-state index in [1.54, 1.807) is 6.20 Å². The van der Waals surface area contributed by atoms with Crippen molar-refractivity contribution in [3.63, 3.8) is 0 Å². The largest absolute Gasteiger partial charge is 0.488 e. The highest BCUT2D eigenvalue weighted by molar-refractivity contribution is 7.71. The van der Waals surface area contributed by atoms with Gasteiger partial charge < -0.3 is 20.0 Å².